The molecule has 0 bridgehead atoms. The van der Waals surface area contributed by atoms with Gasteiger partial charge in [0.05, 0.1) is 19.0 Å². The minimum Gasteiger partial charge on any atom is -0.493 e. The predicted octanol–water partition coefficient (Wildman–Crippen LogP) is 3.81. The van der Waals surface area contributed by atoms with Crippen LogP contribution >= 0.6 is 0 Å². The van der Waals surface area contributed by atoms with E-state index in [1.54, 1.807) is 7.11 Å². The van der Waals surface area contributed by atoms with Gasteiger partial charge in [-0.1, -0.05) is 18.2 Å². The molecule has 1 aromatic heterocycles. The van der Waals surface area contributed by atoms with Crippen LogP contribution in [0, 0.1) is 0 Å². The highest BCUT2D eigenvalue weighted by atomic mass is 16.5. The molecule has 0 amide bonds. The summed E-state index contributed by atoms with van der Waals surface area (Å²) in [6.45, 7) is 6.55. The molecule has 1 aliphatic heterocycles. The maximum Gasteiger partial charge on any atom is 0.160 e. The van der Waals surface area contributed by atoms with Crippen LogP contribution in [0.4, 0.5) is 5.69 Å². The topological polar surface area (TPSA) is 39.1 Å². The van der Waals surface area contributed by atoms with Gasteiger partial charge in [0.2, 0.25) is 0 Å². The summed E-state index contributed by atoms with van der Waals surface area (Å²) in [6, 6.07) is 9.30. The summed E-state index contributed by atoms with van der Waals surface area (Å²) >= 11 is 0. The number of para-hydroxylation sites is 1. The Kier molecular flexibility index (Phi) is 3.62. The lowest BCUT2D eigenvalue weighted by atomic mass is 9.84. The molecule has 2 atom stereocenters. The van der Waals surface area contributed by atoms with Crippen LogP contribution in [0.15, 0.2) is 30.5 Å². The Morgan fingerprint density at radius 2 is 2.10 bits per heavy atom. The second-order valence-electron chi connectivity index (χ2n) is 6.06. The third-order valence-corrected chi connectivity index (χ3v) is 4.17. The van der Waals surface area contributed by atoms with Gasteiger partial charge in [0.15, 0.2) is 5.75 Å². The van der Waals surface area contributed by atoms with Gasteiger partial charge in [-0.15, -0.1) is 0 Å². The Hall–Kier alpha value is -1.97. The normalized spacial score (nSPS) is 21.0. The van der Waals surface area contributed by atoms with Gasteiger partial charge in [0.1, 0.15) is 0 Å². The lowest BCUT2D eigenvalue weighted by Crippen LogP contribution is -2.27. The molecule has 2 heterocycles. The van der Waals surface area contributed by atoms with Crippen LogP contribution in [0.2, 0.25) is 0 Å². The van der Waals surface area contributed by atoms with E-state index >= 15 is 0 Å². The molecule has 0 saturated carbocycles. The number of nitrogens with one attached hydrogen (secondary N) is 1. The summed E-state index contributed by atoms with van der Waals surface area (Å²) in [7, 11) is 1.72. The number of hydrogen-bond acceptors (Lipinski definition) is 3. The Morgan fingerprint density at radius 3 is 2.81 bits per heavy atom. The number of fused-ring (bicyclic) bond motifs is 1. The minimum atomic E-state index is 0.317. The maximum atomic E-state index is 5.58. The highest BCUT2D eigenvalue weighted by molar-refractivity contribution is 5.58. The quantitative estimate of drug-likeness (QED) is 0.932. The molecule has 0 aliphatic carbocycles. The predicted molar refractivity (Wildman–Crippen MR) is 85.2 cm³/mol. The van der Waals surface area contributed by atoms with Crippen LogP contribution in [-0.4, -0.2) is 22.9 Å². The zero-order chi connectivity index (χ0) is 15.0. The molecule has 21 heavy (non-hydrogen) atoms. The van der Waals surface area contributed by atoms with Gasteiger partial charge >= 0.3 is 0 Å². The second-order valence-corrected chi connectivity index (χ2v) is 6.06. The molecule has 4 nitrogen and oxygen atoms in total. The molecule has 0 saturated heterocycles. The van der Waals surface area contributed by atoms with Crippen molar-refractivity contribution in [3.63, 3.8) is 0 Å². The zero-order valence-corrected chi connectivity index (χ0v) is 13.1. The average molecular weight is 285 g/mol. The molecular weight excluding hydrogens is 262 g/mol. The monoisotopic (exact) mass is 285 g/mol. The van der Waals surface area contributed by atoms with E-state index in [-0.39, 0.29) is 0 Å². The molecule has 2 unspecified atom stereocenters. The minimum absolute atomic E-state index is 0.317. The first-order valence-corrected chi connectivity index (χ1v) is 7.58. The van der Waals surface area contributed by atoms with Crippen LogP contribution in [0.3, 0.4) is 0 Å². The van der Waals surface area contributed by atoms with Crippen molar-refractivity contribution in [2.45, 2.75) is 45.2 Å². The number of nitrogens with zero attached hydrogens (tertiary/aromatic N) is 2. The van der Waals surface area contributed by atoms with Crippen LogP contribution in [0.5, 0.6) is 5.75 Å². The Bertz CT molecular complexity index is 633. The van der Waals surface area contributed by atoms with Crippen molar-refractivity contribution in [2.24, 2.45) is 0 Å². The molecule has 1 aromatic carbocycles. The van der Waals surface area contributed by atoms with E-state index in [0.717, 1.165) is 12.2 Å². The first-order chi connectivity index (χ1) is 10.1. The number of anilines is 1. The summed E-state index contributed by atoms with van der Waals surface area (Å²) in [5.74, 6) is 1.20. The second kappa shape index (κ2) is 5.43. The molecule has 3 rings (SSSR count). The third kappa shape index (κ3) is 2.39. The number of rotatable bonds is 3. The van der Waals surface area contributed by atoms with Crippen LogP contribution in [-0.2, 0) is 0 Å². The fraction of sp³-hybridized carbons (Fsp3) is 0.471. The van der Waals surface area contributed by atoms with E-state index in [1.807, 2.05) is 6.20 Å². The van der Waals surface area contributed by atoms with Crippen molar-refractivity contribution in [1.82, 2.24) is 9.78 Å². The smallest absolute Gasteiger partial charge is 0.160 e. The molecule has 0 spiro atoms. The van der Waals surface area contributed by atoms with E-state index in [0.29, 0.717) is 18.0 Å². The van der Waals surface area contributed by atoms with Crippen LogP contribution < -0.4 is 10.1 Å². The van der Waals surface area contributed by atoms with E-state index in [4.69, 9.17) is 4.74 Å². The highest BCUT2D eigenvalue weighted by Crippen LogP contribution is 2.42. The molecule has 112 valence electrons. The Labute approximate surface area is 126 Å². The van der Waals surface area contributed by atoms with Gasteiger partial charge in [-0.2, -0.15) is 5.10 Å². The van der Waals surface area contributed by atoms with Crippen LogP contribution in [0.1, 0.15) is 50.4 Å². The fourth-order valence-corrected chi connectivity index (χ4v) is 3.25. The van der Waals surface area contributed by atoms with Gasteiger partial charge in [0, 0.05) is 23.7 Å². The molecule has 2 aromatic rings. The summed E-state index contributed by atoms with van der Waals surface area (Å²) < 4.78 is 7.67. The summed E-state index contributed by atoms with van der Waals surface area (Å²) in [5, 5.41) is 8.10. The van der Waals surface area contributed by atoms with Crippen molar-refractivity contribution >= 4 is 5.69 Å². The number of benzene rings is 1. The number of methoxy groups -OCH3 is 1. The summed E-state index contributed by atoms with van der Waals surface area (Å²) in [4.78, 5) is 0. The van der Waals surface area contributed by atoms with Gasteiger partial charge in [-0.05, 0) is 38.8 Å². The molecular formula is C17H23N3O. The van der Waals surface area contributed by atoms with Crippen molar-refractivity contribution < 1.29 is 4.74 Å². The van der Waals surface area contributed by atoms with Crippen molar-refractivity contribution in [3.8, 4) is 5.75 Å². The van der Waals surface area contributed by atoms with Crippen molar-refractivity contribution in [2.75, 3.05) is 12.4 Å². The van der Waals surface area contributed by atoms with Gasteiger partial charge in [0.25, 0.3) is 0 Å². The maximum absolute atomic E-state index is 5.58. The number of ether oxygens (including phenoxy) is 1. The largest absolute Gasteiger partial charge is 0.493 e. The zero-order valence-electron chi connectivity index (χ0n) is 13.1. The Balaban J connectivity index is 2.14. The number of aromatic nitrogens is 2. The first-order valence-electron chi connectivity index (χ1n) is 7.58. The average Bonchev–Trinajstić information content (AvgIpc) is 2.90. The van der Waals surface area contributed by atoms with E-state index < -0.39 is 0 Å². The van der Waals surface area contributed by atoms with Crippen LogP contribution in [0.25, 0.3) is 0 Å². The summed E-state index contributed by atoms with van der Waals surface area (Å²) in [5.41, 5.74) is 3.74. The molecule has 1 N–H and O–H groups in total. The number of hydrogen-bond donors (Lipinski definition) is 1. The molecule has 4 heteroatoms. The highest BCUT2D eigenvalue weighted by Gasteiger charge is 2.31. The lowest BCUT2D eigenvalue weighted by molar-refractivity contribution is 0.396. The standard InChI is InChI=1S/C17H23N3O/c1-11(2)20-17(16(21-4)10-18-20)14-9-12(3)19-15-8-6-5-7-13(14)15/h5-8,10-12,14,19H,9H2,1-4H3. The summed E-state index contributed by atoms with van der Waals surface area (Å²) in [6.07, 6.45) is 2.89. The SMILES string of the molecule is COc1cnn(C(C)C)c1C1CC(C)Nc2ccccc21. The first kappa shape index (κ1) is 14.0. The van der Waals surface area contributed by atoms with Gasteiger partial charge in [-0.3, -0.25) is 4.68 Å². The van der Waals surface area contributed by atoms with Gasteiger partial charge < -0.3 is 10.1 Å². The van der Waals surface area contributed by atoms with Gasteiger partial charge in [-0.25, -0.2) is 0 Å². The van der Waals surface area contributed by atoms with Crippen molar-refractivity contribution in [3.05, 3.63) is 41.7 Å². The van der Waals surface area contributed by atoms with Crippen molar-refractivity contribution in [1.29, 1.82) is 0 Å². The Morgan fingerprint density at radius 1 is 1.33 bits per heavy atom. The van der Waals surface area contributed by atoms with E-state index in [9.17, 15) is 0 Å². The van der Waals surface area contributed by atoms with E-state index in [2.05, 4.69) is 60.1 Å². The fourth-order valence-electron chi connectivity index (χ4n) is 3.25. The van der Waals surface area contributed by atoms with E-state index in [1.165, 1.54) is 16.9 Å². The molecule has 0 radical (unpaired) electrons. The third-order valence-electron chi connectivity index (χ3n) is 4.17. The molecule has 0 fully saturated rings. The lowest BCUT2D eigenvalue weighted by Gasteiger charge is -2.32. The molecule has 1 aliphatic rings.